The molecule has 3 nitrogen and oxygen atoms in total. The summed E-state index contributed by atoms with van der Waals surface area (Å²) in [7, 11) is 0. The minimum atomic E-state index is 0.329. The highest BCUT2D eigenvalue weighted by atomic mass is 127. The second-order valence-electron chi connectivity index (χ2n) is 4.76. The summed E-state index contributed by atoms with van der Waals surface area (Å²) in [6, 6.07) is 0. The first-order chi connectivity index (χ1) is 8.25. The van der Waals surface area contributed by atoms with Crippen LogP contribution in [0.5, 0.6) is 0 Å². The predicted octanol–water partition coefficient (Wildman–Crippen LogP) is 3.51. The molecule has 0 spiro atoms. The molecule has 0 radical (unpaired) electrons. The summed E-state index contributed by atoms with van der Waals surface area (Å²) in [6.45, 7) is 1.60. The Kier molecular flexibility index (Phi) is 3.54. The van der Waals surface area contributed by atoms with E-state index in [4.69, 9.17) is 21.3 Å². The molecule has 1 aromatic heterocycles. The van der Waals surface area contributed by atoms with Crippen LogP contribution in [0.2, 0.25) is 5.15 Å². The van der Waals surface area contributed by atoms with Gasteiger partial charge in [-0.1, -0.05) is 11.6 Å². The van der Waals surface area contributed by atoms with E-state index in [1.165, 1.54) is 12.8 Å². The molecule has 0 bridgehead atoms. The molecule has 0 amide bonds. The molecule has 92 valence electrons. The van der Waals surface area contributed by atoms with Gasteiger partial charge in [-0.3, -0.25) is 0 Å². The Morgan fingerprint density at radius 3 is 2.65 bits per heavy atom. The summed E-state index contributed by atoms with van der Waals surface area (Å²) in [4.78, 5) is 9.17. The van der Waals surface area contributed by atoms with E-state index in [1.807, 2.05) is 0 Å². The van der Waals surface area contributed by atoms with Gasteiger partial charge in [-0.05, 0) is 48.3 Å². The Labute approximate surface area is 119 Å². The number of nitrogens with zero attached hydrogens (tertiary/aromatic N) is 2. The number of hydrogen-bond donors (Lipinski definition) is 0. The highest BCUT2D eigenvalue weighted by molar-refractivity contribution is 14.1. The average molecular weight is 365 g/mol. The first kappa shape index (κ1) is 12.1. The van der Waals surface area contributed by atoms with Crippen molar-refractivity contribution in [3.63, 3.8) is 0 Å². The number of hydrogen-bond acceptors (Lipinski definition) is 3. The van der Waals surface area contributed by atoms with Gasteiger partial charge in [0.2, 0.25) is 0 Å². The van der Waals surface area contributed by atoms with E-state index >= 15 is 0 Å². The van der Waals surface area contributed by atoms with Crippen LogP contribution in [0.1, 0.15) is 49.0 Å². The second-order valence-corrected chi connectivity index (χ2v) is 6.20. The zero-order valence-electron chi connectivity index (χ0n) is 9.46. The van der Waals surface area contributed by atoms with Crippen LogP contribution < -0.4 is 0 Å². The van der Waals surface area contributed by atoms with Gasteiger partial charge in [-0.2, -0.15) is 0 Å². The maximum Gasteiger partial charge on any atom is 0.146 e. The summed E-state index contributed by atoms with van der Waals surface area (Å²) in [5.74, 6) is 1.83. The van der Waals surface area contributed by atoms with Crippen LogP contribution in [-0.4, -0.2) is 23.2 Å². The van der Waals surface area contributed by atoms with Crippen molar-refractivity contribution in [1.29, 1.82) is 0 Å². The topological polar surface area (TPSA) is 35.0 Å². The molecule has 0 N–H and O–H groups in total. The molecule has 2 heterocycles. The number of halogens is 2. The summed E-state index contributed by atoms with van der Waals surface area (Å²) < 4.78 is 6.53. The van der Waals surface area contributed by atoms with Gasteiger partial charge in [0.25, 0.3) is 0 Å². The molecule has 3 rings (SSSR count). The van der Waals surface area contributed by atoms with Crippen LogP contribution in [0.3, 0.4) is 0 Å². The van der Waals surface area contributed by atoms with Gasteiger partial charge < -0.3 is 4.74 Å². The predicted molar refractivity (Wildman–Crippen MR) is 74.5 cm³/mol. The molecule has 1 aromatic rings. The van der Waals surface area contributed by atoms with E-state index in [0.717, 1.165) is 41.1 Å². The van der Waals surface area contributed by atoms with Crippen molar-refractivity contribution in [1.82, 2.24) is 9.97 Å². The third kappa shape index (κ3) is 2.58. The molecule has 1 saturated heterocycles. The fraction of sp³-hybridized carbons (Fsp3) is 0.667. The lowest BCUT2D eigenvalue weighted by atomic mass is 10.0. The van der Waals surface area contributed by atoms with E-state index in [-0.39, 0.29) is 0 Å². The second kappa shape index (κ2) is 4.97. The average Bonchev–Trinajstić information content (AvgIpc) is 3.18. The first-order valence-electron chi connectivity index (χ1n) is 6.06. The van der Waals surface area contributed by atoms with E-state index < -0.39 is 0 Å². The summed E-state index contributed by atoms with van der Waals surface area (Å²) >= 11 is 8.47. The SMILES string of the molecule is Clc1nc(C2CCCOC2)nc(C2CC2)c1I. The minimum absolute atomic E-state index is 0.329. The Balaban J connectivity index is 1.93. The van der Waals surface area contributed by atoms with Crippen molar-refractivity contribution in [3.05, 3.63) is 20.2 Å². The molecule has 1 atom stereocenters. The van der Waals surface area contributed by atoms with Crippen molar-refractivity contribution in [3.8, 4) is 0 Å². The molecule has 5 heteroatoms. The normalized spacial score (nSPS) is 24.9. The number of aromatic nitrogens is 2. The molecule has 1 saturated carbocycles. The maximum absolute atomic E-state index is 6.21. The monoisotopic (exact) mass is 364 g/mol. The standard InChI is InChI=1S/C12H14ClIN2O/c13-11-9(14)10(7-3-4-7)15-12(16-11)8-2-1-5-17-6-8/h7-8H,1-6H2. The van der Waals surface area contributed by atoms with E-state index in [2.05, 4.69) is 27.6 Å². The fourth-order valence-corrected chi connectivity index (χ4v) is 3.07. The lowest BCUT2D eigenvalue weighted by Crippen LogP contribution is -2.19. The first-order valence-corrected chi connectivity index (χ1v) is 7.52. The molecule has 0 aromatic carbocycles. The quantitative estimate of drug-likeness (QED) is 0.595. The Bertz CT molecular complexity index is 431. The highest BCUT2D eigenvalue weighted by Crippen LogP contribution is 2.42. The van der Waals surface area contributed by atoms with Crippen LogP contribution in [0, 0.1) is 3.57 Å². The molecule has 1 aliphatic carbocycles. The molecular formula is C12H14ClIN2O. The van der Waals surface area contributed by atoms with Crippen LogP contribution in [-0.2, 0) is 4.74 Å². The molecule has 1 unspecified atom stereocenters. The third-order valence-corrected chi connectivity index (χ3v) is 5.00. The van der Waals surface area contributed by atoms with Gasteiger partial charge >= 0.3 is 0 Å². The van der Waals surface area contributed by atoms with Gasteiger partial charge in [0, 0.05) is 18.4 Å². The fourth-order valence-electron chi connectivity index (χ4n) is 2.21. The van der Waals surface area contributed by atoms with Gasteiger partial charge in [-0.25, -0.2) is 9.97 Å². The van der Waals surface area contributed by atoms with Crippen LogP contribution >= 0.6 is 34.2 Å². The summed E-state index contributed by atoms with van der Waals surface area (Å²) in [5.41, 5.74) is 1.16. The Morgan fingerprint density at radius 2 is 2.00 bits per heavy atom. The van der Waals surface area contributed by atoms with Crippen LogP contribution in [0.4, 0.5) is 0 Å². The molecule has 2 aliphatic rings. The molecule has 1 aliphatic heterocycles. The Hall–Kier alpha value is 0.0600. The lowest BCUT2D eigenvalue weighted by molar-refractivity contribution is 0.0780. The third-order valence-electron chi connectivity index (χ3n) is 3.34. The number of ether oxygens (including phenoxy) is 1. The van der Waals surface area contributed by atoms with E-state index in [0.29, 0.717) is 17.0 Å². The van der Waals surface area contributed by atoms with E-state index in [9.17, 15) is 0 Å². The summed E-state index contributed by atoms with van der Waals surface area (Å²) in [6.07, 6.45) is 4.69. The number of rotatable bonds is 2. The summed E-state index contributed by atoms with van der Waals surface area (Å²) in [5, 5.41) is 0.614. The maximum atomic E-state index is 6.21. The largest absolute Gasteiger partial charge is 0.381 e. The molecule has 2 fully saturated rings. The minimum Gasteiger partial charge on any atom is -0.381 e. The van der Waals surface area contributed by atoms with Gasteiger partial charge in [0.15, 0.2) is 0 Å². The zero-order valence-corrected chi connectivity index (χ0v) is 12.4. The van der Waals surface area contributed by atoms with Crippen molar-refractivity contribution < 1.29 is 4.74 Å². The molecule has 17 heavy (non-hydrogen) atoms. The van der Waals surface area contributed by atoms with Gasteiger partial charge in [-0.15, -0.1) is 0 Å². The smallest absolute Gasteiger partial charge is 0.146 e. The van der Waals surface area contributed by atoms with E-state index in [1.54, 1.807) is 0 Å². The van der Waals surface area contributed by atoms with Crippen molar-refractivity contribution in [2.24, 2.45) is 0 Å². The van der Waals surface area contributed by atoms with Crippen molar-refractivity contribution in [2.45, 2.75) is 37.5 Å². The zero-order chi connectivity index (χ0) is 11.8. The Morgan fingerprint density at radius 1 is 1.18 bits per heavy atom. The van der Waals surface area contributed by atoms with Gasteiger partial charge in [0.1, 0.15) is 11.0 Å². The molecular weight excluding hydrogens is 351 g/mol. The van der Waals surface area contributed by atoms with Gasteiger partial charge in [0.05, 0.1) is 15.9 Å². The lowest BCUT2D eigenvalue weighted by Gasteiger charge is -2.21. The highest BCUT2D eigenvalue weighted by Gasteiger charge is 2.30. The van der Waals surface area contributed by atoms with Crippen molar-refractivity contribution >= 4 is 34.2 Å². The van der Waals surface area contributed by atoms with Crippen molar-refractivity contribution in [2.75, 3.05) is 13.2 Å². The van der Waals surface area contributed by atoms with Crippen LogP contribution in [0.15, 0.2) is 0 Å². The van der Waals surface area contributed by atoms with Crippen LogP contribution in [0.25, 0.3) is 0 Å².